The fourth-order valence-electron chi connectivity index (χ4n) is 6.04. The van der Waals surface area contributed by atoms with Crippen LogP contribution in [0.3, 0.4) is 0 Å². The quantitative estimate of drug-likeness (QED) is 0.357. The summed E-state index contributed by atoms with van der Waals surface area (Å²) >= 11 is 5.82. The van der Waals surface area contributed by atoms with Crippen molar-refractivity contribution in [3.8, 4) is 0 Å². The summed E-state index contributed by atoms with van der Waals surface area (Å²) in [6.07, 6.45) is 1.68. The van der Waals surface area contributed by atoms with Crippen LogP contribution in [0.1, 0.15) is 52.5 Å². The van der Waals surface area contributed by atoms with Crippen molar-refractivity contribution < 1.29 is 28.0 Å². The Kier molecular flexibility index (Phi) is 9.12. The summed E-state index contributed by atoms with van der Waals surface area (Å²) in [5, 5.41) is 3.09. The minimum absolute atomic E-state index is 0.0850. The number of nitrogens with zero attached hydrogens (tertiary/aromatic N) is 3. The maximum Gasteiger partial charge on any atom is 0.253 e. The van der Waals surface area contributed by atoms with Crippen LogP contribution in [0.25, 0.3) is 10.9 Å². The smallest absolute Gasteiger partial charge is 0.253 e. The van der Waals surface area contributed by atoms with E-state index in [4.69, 9.17) is 17.3 Å². The number of likely N-dealkylation sites (tertiary alicyclic amines) is 2. The van der Waals surface area contributed by atoms with Crippen molar-refractivity contribution in [3.63, 3.8) is 0 Å². The van der Waals surface area contributed by atoms with Crippen molar-refractivity contribution in [3.05, 3.63) is 70.1 Å². The molecule has 3 amide bonds. The molecule has 12 heteroatoms. The van der Waals surface area contributed by atoms with Crippen molar-refractivity contribution >= 4 is 46.0 Å². The summed E-state index contributed by atoms with van der Waals surface area (Å²) in [7, 11) is 0. The zero-order valence-electron chi connectivity index (χ0n) is 23.8. The highest BCUT2D eigenvalue weighted by molar-refractivity contribution is 6.30. The number of carbonyl (C=O) groups excluding carboxylic acids is 4. The van der Waals surface area contributed by atoms with Gasteiger partial charge in [0.25, 0.3) is 5.91 Å². The van der Waals surface area contributed by atoms with Crippen LogP contribution in [0.4, 0.5) is 8.78 Å². The molecule has 43 heavy (non-hydrogen) atoms. The summed E-state index contributed by atoms with van der Waals surface area (Å²) in [5.41, 5.74) is 7.17. The molecule has 2 aliphatic heterocycles. The minimum atomic E-state index is -1.41. The Morgan fingerprint density at radius 1 is 1.14 bits per heavy atom. The SMILES string of the molecule is CC(=O)c1cn(CC(=O)N2C[C@H](F)C[C@H]2C(=O)NCc2cccc(Cl)c2F)c2cc(C(=O)N3CCC(CCN)C3)ccc12. The molecule has 3 atom stereocenters. The molecule has 1 unspecified atom stereocenters. The van der Waals surface area contributed by atoms with E-state index in [0.29, 0.717) is 47.6 Å². The Morgan fingerprint density at radius 2 is 1.93 bits per heavy atom. The van der Waals surface area contributed by atoms with Gasteiger partial charge in [-0.2, -0.15) is 0 Å². The molecule has 3 heterocycles. The lowest BCUT2D eigenvalue weighted by atomic mass is 10.1. The third-order valence-electron chi connectivity index (χ3n) is 8.32. The first kappa shape index (κ1) is 30.6. The van der Waals surface area contributed by atoms with Gasteiger partial charge in [0, 0.05) is 54.3 Å². The summed E-state index contributed by atoms with van der Waals surface area (Å²) in [6.45, 7) is 2.51. The lowest BCUT2D eigenvalue weighted by Gasteiger charge is -2.24. The van der Waals surface area contributed by atoms with Gasteiger partial charge in [0.2, 0.25) is 11.8 Å². The first-order valence-electron chi connectivity index (χ1n) is 14.3. The van der Waals surface area contributed by atoms with Crippen LogP contribution >= 0.6 is 11.6 Å². The molecule has 0 radical (unpaired) electrons. The van der Waals surface area contributed by atoms with E-state index in [2.05, 4.69) is 5.32 Å². The van der Waals surface area contributed by atoms with Gasteiger partial charge in [-0.15, -0.1) is 0 Å². The molecule has 3 N–H and O–H groups in total. The first-order chi connectivity index (χ1) is 20.6. The van der Waals surface area contributed by atoms with Gasteiger partial charge in [0.05, 0.1) is 17.1 Å². The van der Waals surface area contributed by atoms with Crippen LogP contribution in [0.5, 0.6) is 0 Å². The van der Waals surface area contributed by atoms with Crippen molar-refractivity contribution in [2.45, 2.75) is 51.5 Å². The van der Waals surface area contributed by atoms with Gasteiger partial charge in [-0.25, -0.2) is 8.78 Å². The molecule has 0 saturated carbocycles. The van der Waals surface area contributed by atoms with Gasteiger partial charge in [0.15, 0.2) is 5.78 Å². The summed E-state index contributed by atoms with van der Waals surface area (Å²) in [6, 6.07) is 8.37. The van der Waals surface area contributed by atoms with Crippen molar-refractivity contribution in [2.24, 2.45) is 11.7 Å². The van der Waals surface area contributed by atoms with E-state index in [1.807, 2.05) is 0 Å². The van der Waals surface area contributed by atoms with Crippen molar-refractivity contribution in [1.29, 1.82) is 0 Å². The number of nitrogens with two attached hydrogens (primary N) is 1. The van der Waals surface area contributed by atoms with Crippen molar-refractivity contribution in [1.82, 2.24) is 19.7 Å². The monoisotopic (exact) mass is 613 g/mol. The Bertz CT molecular complexity index is 1580. The molecule has 2 fully saturated rings. The number of alkyl halides is 1. The molecule has 9 nitrogen and oxygen atoms in total. The predicted octanol–water partition coefficient (Wildman–Crippen LogP) is 3.70. The number of ketones is 1. The summed E-state index contributed by atoms with van der Waals surface area (Å²) in [4.78, 5) is 55.2. The number of Topliss-reactive ketones (excluding diaryl/α,β-unsaturated/α-hetero) is 1. The highest BCUT2D eigenvalue weighted by Gasteiger charge is 2.40. The molecule has 0 aliphatic carbocycles. The first-order valence-corrected chi connectivity index (χ1v) is 14.7. The third-order valence-corrected chi connectivity index (χ3v) is 8.61. The molecule has 0 bridgehead atoms. The number of nitrogens with one attached hydrogen (secondary N) is 1. The lowest BCUT2D eigenvalue weighted by Crippen LogP contribution is -2.46. The van der Waals surface area contributed by atoms with E-state index in [-0.39, 0.29) is 48.3 Å². The molecule has 2 aromatic carbocycles. The highest BCUT2D eigenvalue weighted by atomic mass is 35.5. The van der Waals surface area contributed by atoms with E-state index in [1.165, 1.54) is 24.0 Å². The topological polar surface area (TPSA) is 118 Å². The van der Waals surface area contributed by atoms with Crippen LogP contribution in [-0.2, 0) is 22.7 Å². The van der Waals surface area contributed by atoms with Crippen LogP contribution in [0.15, 0.2) is 42.6 Å². The lowest BCUT2D eigenvalue weighted by molar-refractivity contribution is -0.139. The molecule has 5 rings (SSSR count). The van der Waals surface area contributed by atoms with E-state index in [1.54, 1.807) is 39.9 Å². The minimum Gasteiger partial charge on any atom is -0.350 e. The second-order valence-electron chi connectivity index (χ2n) is 11.3. The highest BCUT2D eigenvalue weighted by Crippen LogP contribution is 2.28. The Hall–Kier alpha value is -3.83. The van der Waals surface area contributed by atoms with Gasteiger partial charge < -0.3 is 25.4 Å². The van der Waals surface area contributed by atoms with E-state index in [0.717, 1.165) is 12.8 Å². The number of hydrogen-bond acceptors (Lipinski definition) is 5. The Morgan fingerprint density at radius 3 is 2.67 bits per heavy atom. The fourth-order valence-corrected chi connectivity index (χ4v) is 6.23. The number of benzene rings is 2. The van der Waals surface area contributed by atoms with Crippen LogP contribution in [-0.4, -0.2) is 76.3 Å². The van der Waals surface area contributed by atoms with Crippen LogP contribution < -0.4 is 11.1 Å². The maximum atomic E-state index is 14.5. The normalized spacial score (nSPS) is 20.2. The second-order valence-corrected chi connectivity index (χ2v) is 11.7. The summed E-state index contributed by atoms with van der Waals surface area (Å²) in [5.74, 6) is -1.79. The molecule has 3 aromatic rings. The number of fused-ring (bicyclic) bond motifs is 1. The van der Waals surface area contributed by atoms with E-state index >= 15 is 0 Å². The number of rotatable bonds is 9. The maximum absolute atomic E-state index is 14.5. The summed E-state index contributed by atoms with van der Waals surface area (Å²) < 4.78 is 30.4. The average molecular weight is 614 g/mol. The molecule has 2 aliphatic rings. The molecule has 228 valence electrons. The largest absolute Gasteiger partial charge is 0.350 e. The molecule has 2 saturated heterocycles. The zero-order valence-corrected chi connectivity index (χ0v) is 24.6. The van der Waals surface area contributed by atoms with Gasteiger partial charge in [-0.1, -0.05) is 29.8 Å². The van der Waals surface area contributed by atoms with Crippen LogP contribution in [0, 0.1) is 11.7 Å². The molecule has 0 spiro atoms. The fraction of sp³-hybridized carbons (Fsp3) is 0.419. The standard InChI is InChI=1S/C31H34ClF2N5O4/c1-18(40)24-16-38(26-11-20(5-6-23(24)26)31(43)37-10-8-19(14-37)7-9-35)17-28(41)39-15-22(33)12-27(39)30(42)36-13-21-3-2-4-25(32)29(21)34/h2-6,11,16,19,22,27H,7-10,12-15,17,35H2,1H3,(H,36,42)/t19?,22-,27+/m1/s1. The number of hydrogen-bond donors (Lipinski definition) is 2. The Labute approximate surface area is 252 Å². The number of aromatic nitrogens is 1. The average Bonchev–Trinajstić information content (AvgIpc) is 3.70. The number of carbonyl (C=O) groups is 4. The molecular weight excluding hydrogens is 580 g/mol. The van der Waals surface area contributed by atoms with Crippen molar-refractivity contribution in [2.75, 3.05) is 26.2 Å². The molecule has 1 aromatic heterocycles. The zero-order chi connectivity index (χ0) is 30.8. The number of halogens is 3. The Balaban J connectivity index is 1.35. The number of amides is 3. The second kappa shape index (κ2) is 12.8. The van der Waals surface area contributed by atoms with Gasteiger partial charge in [0.1, 0.15) is 24.6 Å². The van der Waals surface area contributed by atoms with E-state index < -0.39 is 29.8 Å². The third kappa shape index (κ3) is 6.42. The van der Waals surface area contributed by atoms with Gasteiger partial charge in [-0.3, -0.25) is 19.2 Å². The molecular formula is C31H34ClF2N5O4. The predicted molar refractivity (Wildman–Crippen MR) is 158 cm³/mol. The van der Waals surface area contributed by atoms with Gasteiger partial charge in [-0.05, 0) is 50.4 Å². The van der Waals surface area contributed by atoms with Gasteiger partial charge >= 0.3 is 0 Å². The van der Waals surface area contributed by atoms with Crippen LogP contribution in [0.2, 0.25) is 5.02 Å². The van der Waals surface area contributed by atoms with E-state index in [9.17, 15) is 28.0 Å².